The van der Waals surface area contributed by atoms with Crippen LogP contribution in [-0.2, 0) is 9.59 Å². The molecule has 1 spiro atoms. The fraction of sp³-hybridized carbons (Fsp3) is 0.833. The van der Waals surface area contributed by atoms with Crippen LogP contribution >= 0.6 is 0 Å². The summed E-state index contributed by atoms with van der Waals surface area (Å²) in [6.07, 6.45) is 5.67. The van der Waals surface area contributed by atoms with E-state index in [2.05, 4.69) is 5.32 Å². The number of likely N-dealkylation sites (N-methyl/N-ethyl adjacent to an activating group) is 1. The zero-order chi connectivity index (χ0) is 11.6. The van der Waals surface area contributed by atoms with Gasteiger partial charge in [-0.3, -0.25) is 14.5 Å². The molecule has 1 heterocycles. The van der Waals surface area contributed by atoms with E-state index in [1.165, 1.54) is 11.3 Å². The molecule has 0 aromatic rings. The number of likely N-dealkylation sites (tertiary alicyclic amines) is 1. The lowest BCUT2D eigenvalue weighted by Gasteiger charge is -2.30. The van der Waals surface area contributed by atoms with Crippen molar-refractivity contribution in [2.24, 2.45) is 5.41 Å². The van der Waals surface area contributed by atoms with Crippen LogP contribution in [0, 0.1) is 5.41 Å². The lowest BCUT2D eigenvalue weighted by atomic mass is 9.73. The molecule has 1 saturated heterocycles. The highest BCUT2D eigenvalue weighted by Gasteiger charge is 2.50. The van der Waals surface area contributed by atoms with Crippen LogP contribution in [0.3, 0.4) is 0 Å². The Hall–Kier alpha value is -0.900. The molecule has 4 nitrogen and oxygen atoms in total. The zero-order valence-electron chi connectivity index (χ0n) is 9.92. The second-order valence-electron chi connectivity index (χ2n) is 4.97. The van der Waals surface area contributed by atoms with Crippen molar-refractivity contribution in [3.8, 4) is 0 Å². The molecule has 90 valence electrons. The molecule has 1 aliphatic heterocycles. The number of amides is 2. The molecule has 0 radical (unpaired) electrons. The average molecular weight is 224 g/mol. The number of nitrogens with zero attached hydrogens (tertiary/aromatic N) is 1. The molecular formula is C12H20N2O2. The van der Waals surface area contributed by atoms with Gasteiger partial charge in [-0.2, -0.15) is 0 Å². The Morgan fingerprint density at radius 2 is 1.94 bits per heavy atom. The van der Waals surface area contributed by atoms with E-state index in [1.54, 1.807) is 0 Å². The van der Waals surface area contributed by atoms with Gasteiger partial charge in [-0.15, -0.1) is 0 Å². The van der Waals surface area contributed by atoms with Crippen molar-refractivity contribution < 1.29 is 9.59 Å². The second kappa shape index (κ2) is 4.53. The molecular weight excluding hydrogens is 204 g/mol. The van der Waals surface area contributed by atoms with Crippen molar-refractivity contribution in [1.29, 1.82) is 0 Å². The van der Waals surface area contributed by atoms with Crippen molar-refractivity contribution in [2.75, 3.05) is 20.1 Å². The minimum absolute atomic E-state index is 0.0298. The van der Waals surface area contributed by atoms with Crippen molar-refractivity contribution in [3.05, 3.63) is 0 Å². The Kier molecular flexibility index (Phi) is 3.28. The van der Waals surface area contributed by atoms with E-state index >= 15 is 0 Å². The first kappa shape index (κ1) is 11.6. The SMILES string of the molecule is CNCCN1C(=O)CC2(CCCCC2)C1=O. The molecule has 2 rings (SSSR count). The average Bonchev–Trinajstić information content (AvgIpc) is 2.50. The van der Waals surface area contributed by atoms with E-state index in [0.29, 0.717) is 19.5 Å². The minimum Gasteiger partial charge on any atom is -0.318 e. The second-order valence-corrected chi connectivity index (χ2v) is 4.97. The summed E-state index contributed by atoms with van der Waals surface area (Å²) in [5.41, 5.74) is -0.316. The predicted octanol–water partition coefficient (Wildman–Crippen LogP) is 0.915. The smallest absolute Gasteiger partial charge is 0.235 e. The van der Waals surface area contributed by atoms with Crippen LogP contribution < -0.4 is 5.32 Å². The zero-order valence-corrected chi connectivity index (χ0v) is 9.92. The Morgan fingerprint density at radius 3 is 2.56 bits per heavy atom. The molecule has 1 N–H and O–H groups in total. The number of hydrogen-bond donors (Lipinski definition) is 1. The molecule has 2 aliphatic rings. The molecule has 0 aromatic carbocycles. The van der Waals surface area contributed by atoms with Crippen LogP contribution in [0.4, 0.5) is 0 Å². The van der Waals surface area contributed by atoms with Gasteiger partial charge in [0.2, 0.25) is 11.8 Å². The van der Waals surface area contributed by atoms with Gasteiger partial charge in [-0.25, -0.2) is 0 Å². The maximum Gasteiger partial charge on any atom is 0.235 e. The number of carbonyl (C=O) groups excluding carboxylic acids is 2. The van der Waals surface area contributed by atoms with Crippen molar-refractivity contribution in [1.82, 2.24) is 10.2 Å². The van der Waals surface area contributed by atoms with Crippen LogP contribution in [0.15, 0.2) is 0 Å². The van der Waals surface area contributed by atoms with Gasteiger partial charge >= 0.3 is 0 Å². The Labute approximate surface area is 96.4 Å². The number of imide groups is 1. The van der Waals surface area contributed by atoms with E-state index in [0.717, 1.165) is 25.7 Å². The molecule has 1 saturated carbocycles. The molecule has 0 aromatic heterocycles. The first-order chi connectivity index (χ1) is 7.69. The van der Waals surface area contributed by atoms with Crippen LogP contribution in [0.1, 0.15) is 38.5 Å². The normalized spacial score (nSPS) is 24.4. The lowest BCUT2D eigenvalue weighted by Crippen LogP contribution is -2.39. The quantitative estimate of drug-likeness (QED) is 0.725. The van der Waals surface area contributed by atoms with Crippen LogP contribution in [-0.4, -0.2) is 36.9 Å². The maximum atomic E-state index is 12.3. The van der Waals surface area contributed by atoms with E-state index in [4.69, 9.17) is 0 Å². The minimum atomic E-state index is -0.316. The summed E-state index contributed by atoms with van der Waals surface area (Å²) in [6, 6.07) is 0. The molecule has 0 unspecified atom stereocenters. The van der Waals surface area contributed by atoms with Crippen LogP contribution in [0.2, 0.25) is 0 Å². The highest BCUT2D eigenvalue weighted by atomic mass is 16.2. The molecule has 2 amide bonds. The van der Waals surface area contributed by atoms with E-state index < -0.39 is 0 Å². The Morgan fingerprint density at radius 1 is 1.25 bits per heavy atom. The summed E-state index contributed by atoms with van der Waals surface area (Å²) in [5.74, 6) is 0.120. The van der Waals surface area contributed by atoms with Gasteiger partial charge in [0, 0.05) is 19.5 Å². The lowest BCUT2D eigenvalue weighted by molar-refractivity contribution is -0.142. The number of rotatable bonds is 3. The highest BCUT2D eigenvalue weighted by Crippen LogP contribution is 2.45. The summed E-state index contributed by atoms with van der Waals surface area (Å²) < 4.78 is 0. The van der Waals surface area contributed by atoms with Crippen molar-refractivity contribution >= 4 is 11.8 Å². The van der Waals surface area contributed by atoms with Gasteiger partial charge < -0.3 is 5.32 Å². The summed E-state index contributed by atoms with van der Waals surface area (Å²) in [7, 11) is 1.83. The number of hydrogen-bond acceptors (Lipinski definition) is 3. The maximum absolute atomic E-state index is 12.3. The highest BCUT2D eigenvalue weighted by molar-refractivity contribution is 6.05. The van der Waals surface area contributed by atoms with Crippen LogP contribution in [0.5, 0.6) is 0 Å². The third-order valence-corrected chi connectivity index (χ3v) is 3.89. The fourth-order valence-corrected chi connectivity index (χ4v) is 2.93. The summed E-state index contributed by atoms with van der Waals surface area (Å²) in [6.45, 7) is 1.21. The molecule has 0 bridgehead atoms. The third-order valence-electron chi connectivity index (χ3n) is 3.89. The number of nitrogens with one attached hydrogen (secondary N) is 1. The Bertz CT molecular complexity index is 295. The van der Waals surface area contributed by atoms with Gasteiger partial charge in [-0.1, -0.05) is 19.3 Å². The topological polar surface area (TPSA) is 49.4 Å². The molecule has 2 fully saturated rings. The third kappa shape index (κ3) is 1.86. The van der Waals surface area contributed by atoms with Crippen molar-refractivity contribution in [2.45, 2.75) is 38.5 Å². The van der Waals surface area contributed by atoms with Gasteiger partial charge in [0.05, 0.1) is 5.41 Å². The fourth-order valence-electron chi connectivity index (χ4n) is 2.93. The number of carbonyl (C=O) groups is 2. The largest absolute Gasteiger partial charge is 0.318 e. The first-order valence-electron chi connectivity index (χ1n) is 6.19. The van der Waals surface area contributed by atoms with Gasteiger partial charge in [0.1, 0.15) is 0 Å². The van der Waals surface area contributed by atoms with Crippen molar-refractivity contribution in [3.63, 3.8) is 0 Å². The summed E-state index contributed by atoms with van der Waals surface area (Å²) in [5, 5.41) is 2.98. The van der Waals surface area contributed by atoms with Gasteiger partial charge in [0.25, 0.3) is 0 Å². The van der Waals surface area contributed by atoms with E-state index in [9.17, 15) is 9.59 Å². The summed E-state index contributed by atoms with van der Waals surface area (Å²) >= 11 is 0. The molecule has 1 aliphatic carbocycles. The Balaban J connectivity index is 2.08. The van der Waals surface area contributed by atoms with E-state index in [-0.39, 0.29) is 17.2 Å². The summed E-state index contributed by atoms with van der Waals surface area (Å²) in [4.78, 5) is 25.6. The molecule has 16 heavy (non-hydrogen) atoms. The van der Waals surface area contributed by atoms with E-state index in [1.807, 2.05) is 7.05 Å². The first-order valence-corrected chi connectivity index (χ1v) is 6.19. The van der Waals surface area contributed by atoms with Crippen LogP contribution in [0.25, 0.3) is 0 Å². The standard InChI is InChI=1S/C12H20N2O2/c1-13-7-8-14-10(15)9-12(11(14)16)5-3-2-4-6-12/h13H,2-9H2,1H3. The predicted molar refractivity (Wildman–Crippen MR) is 60.8 cm³/mol. The van der Waals surface area contributed by atoms with Gasteiger partial charge in [-0.05, 0) is 19.9 Å². The monoisotopic (exact) mass is 224 g/mol. The molecule has 0 atom stereocenters. The molecule has 4 heteroatoms. The van der Waals surface area contributed by atoms with Gasteiger partial charge in [0.15, 0.2) is 0 Å².